The summed E-state index contributed by atoms with van der Waals surface area (Å²) < 4.78 is 14.3. The Kier molecular flexibility index (Phi) is 6.92. The summed E-state index contributed by atoms with van der Waals surface area (Å²) in [4.78, 5) is 33.0. The van der Waals surface area contributed by atoms with Crippen LogP contribution in [0.25, 0.3) is 0 Å². The predicted molar refractivity (Wildman–Crippen MR) is 124 cm³/mol. The highest BCUT2D eigenvalue weighted by Crippen LogP contribution is 2.31. The molecule has 32 heavy (non-hydrogen) atoms. The van der Waals surface area contributed by atoms with Gasteiger partial charge in [0.1, 0.15) is 5.82 Å². The molecule has 1 fully saturated rings. The van der Waals surface area contributed by atoms with Crippen molar-refractivity contribution in [1.82, 2.24) is 9.88 Å². The molecular formula is C24H25FN4O2S. The molecule has 6 nitrogen and oxygen atoms in total. The molecule has 0 saturated carbocycles. The van der Waals surface area contributed by atoms with Gasteiger partial charge in [-0.3, -0.25) is 19.4 Å². The summed E-state index contributed by atoms with van der Waals surface area (Å²) in [5.41, 5.74) is 1.80. The fraction of sp³-hybridized carbons (Fsp3) is 0.292. The molecule has 2 amide bonds. The van der Waals surface area contributed by atoms with Crippen molar-refractivity contribution >= 4 is 39.7 Å². The quantitative estimate of drug-likeness (QED) is 0.583. The van der Waals surface area contributed by atoms with Crippen molar-refractivity contribution in [3.05, 3.63) is 71.5 Å². The largest absolute Gasteiger partial charge is 0.326 e. The molecule has 2 aromatic carbocycles. The molecular weight excluding hydrogens is 427 g/mol. The van der Waals surface area contributed by atoms with E-state index in [4.69, 9.17) is 0 Å². The molecule has 4 rings (SSSR count). The minimum absolute atomic E-state index is 0.0298. The van der Waals surface area contributed by atoms with Gasteiger partial charge in [0, 0.05) is 31.1 Å². The Labute approximate surface area is 190 Å². The van der Waals surface area contributed by atoms with E-state index in [0.717, 1.165) is 30.8 Å². The number of nitrogens with one attached hydrogen (secondary N) is 1. The molecule has 0 radical (unpaired) electrons. The zero-order chi connectivity index (χ0) is 22.5. The number of carbonyl (C=O) groups excluding carboxylic acids is 2. The molecule has 1 aliphatic heterocycles. The van der Waals surface area contributed by atoms with E-state index in [9.17, 15) is 14.0 Å². The first kappa shape index (κ1) is 22.1. The number of carbonyl (C=O) groups is 2. The number of halogens is 1. The first-order chi connectivity index (χ1) is 15.5. The van der Waals surface area contributed by atoms with Crippen LogP contribution in [0.3, 0.4) is 0 Å². The number of hydrogen-bond donors (Lipinski definition) is 1. The lowest BCUT2D eigenvalue weighted by atomic mass is 9.97. The van der Waals surface area contributed by atoms with Crippen molar-refractivity contribution in [2.24, 2.45) is 5.92 Å². The molecule has 1 atom stereocenters. The Morgan fingerprint density at radius 2 is 1.94 bits per heavy atom. The number of benzene rings is 2. The van der Waals surface area contributed by atoms with E-state index < -0.39 is 5.82 Å². The Hall–Kier alpha value is -3.10. The highest BCUT2D eigenvalue weighted by molar-refractivity contribution is 7.14. The van der Waals surface area contributed by atoms with Crippen LogP contribution in [0.1, 0.15) is 25.5 Å². The highest BCUT2D eigenvalue weighted by atomic mass is 32.1. The molecule has 1 saturated heterocycles. The average molecular weight is 453 g/mol. The first-order valence-corrected chi connectivity index (χ1v) is 11.5. The maximum Gasteiger partial charge on any atom is 0.230 e. The smallest absolute Gasteiger partial charge is 0.230 e. The van der Waals surface area contributed by atoms with Crippen molar-refractivity contribution in [3.8, 4) is 0 Å². The van der Waals surface area contributed by atoms with Crippen molar-refractivity contribution in [2.75, 3.05) is 23.3 Å². The lowest BCUT2D eigenvalue weighted by molar-refractivity contribution is -0.121. The number of aromatic nitrogens is 1. The Bertz CT molecular complexity index is 1090. The molecule has 0 bridgehead atoms. The molecule has 0 unspecified atom stereocenters. The van der Waals surface area contributed by atoms with Gasteiger partial charge in [-0.05, 0) is 43.7 Å². The third-order valence-electron chi connectivity index (χ3n) is 5.44. The van der Waals surface area contributed by atoms with Gasteiger partial charge < -0.3 is 5.32 Å². The van der Waals surface area contributed by atoms with Gasteiger partial charge in [-0.1, -0.05) is 30.3 Å². The second kappa shape index (κ2) is 10.0. The van der Waals surface area contributed by atoms with E-state index >= 15 is 0 Å². The standard InChI is InChI=1S/C24H25FN4O2S/c1-17(30)29(22-12-6-5-11-21(22)25)24-27-20(16-32-24)15-28-13-7-8-18(14-28)23(31)26-19-9-3-2-4-10-19/h2-6,9-12,16,18H,7-8,13-15H2,1H3,(H,26,31)/t18-/m1/s1. The Balaban J connectivity index is 1.42. The monoisotopic (exact) mass is 452 g/mol. The first-order valence-electron chi connectivity index (χ1n) is 10.6. The minimum atomic E-state index is -0.470. The van der Waals surface area contributed by atoms with Crippen LogP contribution in [-0.2, 0) is 16.1 Å². The van der Waals surface area contributed by atoms with Crippen LogP contribution in [0.2, 0.25) is 0 Å². The number of piperidine rings is 1. The summed E-state index contributed by atoms with van der Waals surface area (Å²) in [6, 6.07) is 15.6. The average Bonchev–Trinajstić information content (AvgIpc) is 3.23. The molecule has 8 heteroatoms. The minimum Gasteiger partial charge on any atom is -0.326 e. The van der Waals surface area contributed by atoms with Crippen LogP contribution in [0.5, 0.6) is 0 Å². The zero-order valence-corrected chi connectivity index (χ0v) is 18.6. The van der Waals surface area contributed by atoms with E-state index in [1.54, 1.807) is 18.2 Å². The van der Waals surface area contributed by atoms with Crippen molar-refractivity contribution in [2.45, 2.75) is 26.3 Å². The van der Waals surface area contributed by atoms with Crippen LogP contribution in [0.4, 0.5) is 20.9 Å². The number of para-hydroxylation sites is 2. The summed E-state index contributed by atoms with van der Waals surface area (Å²) in [7, 11) is 0. The number of thiazole rings is 1. The van der Waals surface area contributed by atoms with Crippen LogP contribution in [-0.4, -0.2) is 34.8 Å². The van der Waals surface area contributed by atoms with Crippen molar-refractivity contribution in [3.63, 3.8) is 0 Å². The Morgan fingerprint density at radius 3 is 2.69 bits per heavy atom. The van der Waals surface area contributed by atoms with E-state index in [2.05, 4.69) is 15.2 Å². The van der Waals surface area contributed by atoms with Gasteiger partial charge >= 0.3 is 0 Å². The highest BCUT2D eigenvalue weighted by Gasteiger charge is 2.27. The number of nitrogens with zero attached hydrogens (tertiary/aromatic N) is 3. The van der Waals surface area contributed by atoms with E-state index in [1.165, 1.54) is 29.2 Å². The van der Waals surface area contributed by atoms with Gasteiger partial charge in [0.05, 0.1) is 17.3 Å². The fourth-order valence-electron chi connectivity index (χ4n) is 3.92. The molecule has 1 aliphatic rings. The summed E-state index contributed by atoms with van der Waals surface area (Å²) in [5.74, 6) is -0.828. The number of hydrogen-bond acceptors (Lipinski definition) is 5. The molecule has 166 valence electrons. The lowest BCUT2D eigenvalue weighted by Crippen LogP contribution is -2.40. The van der Waals surface area contributed by atoms with Gasteiger partial charge in [-0.15, -0.1) is 11.3 Å². The van der Waals surface area contributed by atoms with Crippen LogP contribution in [0.15, 0.2) is 60.0 Å². The maximum absolute atomic E-state index is 14.3. The van der Waals surface area contributed by atoms with E-state index in [-0.39, 0.29) is 23.4 Å². The third-order valence-corrected chi connectivity index (χ3v) is 6.32. The number of anilines is 3. The van der Waals surface area contributed by atoms with Crippen LogP contribution < -0.4 is 10.2 Å². The van der Waals surface area contributed by atoms with E-state index in [0.29, 0.717) is 18.2 Å². The number of amides is 2. The molecule has 3 aromatic rings. The fourth-order valence-corrected chi connectivity index (χ4v) is 4.79. The van der Waals surface area contributed by atoms with Crippen LogP contribution in [0, 0.1) is 11.7 Å². The maximum atomic E-state index is 14.3. The number of rotatable bonds is 6. The molecule has 0 aliphatic carbocycles. The molecule has 0 spiro atoms. The van der Waals surface area contributed by atoms with Crippen molar-refractivity contribution < 1.29 is 14.0 Å². The SMILES string of the molecule is CC(=O)N(c1nc(CN2CCC[C@@H](C(=O)Nc3ccccc3)C2)cs1)c1ccccc1F. The Morgan fingerprint density at radius 1 is 1.19 bits per heavy atom. The summed E-state index contributed by atoms with van der Waals surface area (Å²) in [5, 5.41) is 5.32. The second-order valence-electron chi connectivity index (χ2n) is 7.86. The second-order valence-corrected chi connectivity index (χ2v) is 8.69. The summed E-state index contributed by atoms with van der Waals surface area (Å²) in [6.07, 6.45) is 1.78. The third kappa shape index (κ3) is 5.20. The van der Waals surface area contributed by atoms with E-state index in [1.807, 2.05) is 35.7 Å². The van der Waals surface area contributed by atoms with Crippen molar-refractivity contribution in [1.29, 1.82) is 0 Å². The molecule has 1 N–H and O–H groups in total. The summed E-state index contributed by atoms with van der Waals surface area (Å²) >= 11 is 1.31. The molecule has 2 heterocycles. The van der Waals surface area contributed by atoms with Crippen LogP contribution >= 0.6 is 11.3 Å². The number of likely N-dealkylation sites (tertiary alicyclic amines) is 1. The van der Waals surface area contributed by atoms with Gasteiger partial charge in [-0.25, -0.2) is 9.37 Å². The summed E-state index contributed by atoms with van der Waals surface area (Å²) in [6.45, 7) is 3.50. The van der Waals surface area contributed by atoms with Gasteiger partial charge in [0.15, 0.2) is 5.13 Å². The lowest BCUT2D eigenvalue weighted by Gasteiger charge is -2.31. The van der Waals surface area contributed by atoms with Gasteiger partial charge in [0.2, 0.25) is 11.8 Å². The molecule has 1 aromatic heterocycles. The normalized spacial score (nSPS) is 16.5. The van der Waals surface area contributed by atoms with Gasteiger partial charge in [-0.2, -0.15) is 0 Å². The topological polar surface area (TPSA) is 65.5 Å². The van der Waals surface area contributed by atoms with Gasteiger partial charge in [0.25, 0.3) is 0 Å². The predicted octanol–water partition coefficient (Wildman–Crippen LogP) is 4.82. The zero-order valence-electron chi connectivity index (χ0n) is 17.8.